The molecule has 3 rings (SSSR count). The molecule has 0 radical (unpaired) electrons. The van der Waals surface area contributed by atoms with Crippen molar-refractivity contribution in [1.29, 1.82) is 0 Å². The van der Waals surface area contributed by atoms with E-state index in [0.717, 1.165) is 25.7 Å². The second kappa shape index (κ2) is 4.77. The lowest BCUT2D eigenvalue weighted by Gasteiger charge is -2.53. The molecule has 0 aliphatic heterocycles. The number of allylic oxidation sites excluding steroid dienone is 2. The second-order valence-electron chi connectivity index (χ2n) is 6.32. The van der Waals surface area contributed by atoms with Crippen molar-refractivity contribution in [3.8, 4) is 0 Å². The third-order valence-corrected chi connectivity index (χ3v) is 5.64. The van der Waals surface area contributed by atoms with Gasteiger partial charge in [0.1, 0.15) is 5.78 Å². The lowest BCUT2D eigenvalue weighted by atomic mass is 9.50. The van der Waals surface area contributed by atoms with Crippen LogP contribution in [0.5, 0.6) is 0 Å². The van der Waals surface area contributed by atoms with E-state index in [0.29, 0.717) is 36.9 Å². The molecule has 0 saturated heterocycles. The van der Waals surface area contributed by atoms with Crippen LogP contribution in [0.1, 0.15) is 44.9 Å². The zero-order chi connectivity index (χ0) is 13.5. The first-order valence-electron chi connectivity index (χ1n) is 7.45. The summed E-state index contributed by atoms with van der Waals surface area (Å²) in [5.74, 6) is 1.38. The van der Waals surface area contributed by atoms with Crippen LogP contribution in [0.2, 0.25) is 0 Å². The van der Waals surface area contributed by atoms with Gasteiger partial charge in [0.25, 0.3) is 0 Å². The molecule has 2 fully saturated rings. The van der Waals surface area contributed by atoms with Crippen LogP contribution >= 0.6 is 0 Å². The maximum absolute atomic E-state index is 12.5. The Morgan fingerprint density at radius 2 is 2.21 bits per heavy atom. The number of carbonyl (C=O) groups excluding carboxylic acids is 2. The molecule has 19 heavy (non-hydrogen) atoms. The Morgan fingerprint density at radius 1 is 1.37 bits per heavy atom. The van der Waals surface area contributed by atoms with Crippen LogP contribution in [0.25, 0.3) is 0 Å². The summed E-state index contributed by atoms with van der Waals surface area (Å²) >= 11 is 0. The van der Waals surface area contributed by atoms with Crippen LogP contribution in [0.4, 0.5) is 0 Å². The van der Waals surface area contributed by atoms with Crippen molar-refractivity contribution in [2.75, 3.05) is 7.11 Å². The van der Waals surface area contributed by atoms with E-state index in [-0.39, 0.29) is 17.3 Å². The lowest BCUT2D eigenvalue weighted by molar-refractivity contribution is -0.172. The molecule has 0 aromatic heterocycles. The van der Waals surface area contributed by atoms with E-state index in [2.05, 4.69) is 12.2 Å². The van der Waals surface area contributed by atoms with Gasteiger partial charge in [-0.2, -0.15) is 0 Å². The van der Waals surface area contributed by atoms with E-state index < -0.39 is 0 Å². The van der Waals surface area contributed by atoms with Crippen molar-refractivity contribution in [2.24, 2.45) is 23.2 Å². The SMILES string of the molecule is COC(=O)[C@]12CCC(=O)C[C@@H]1CC[C@H]1C=CCC[C@@H]12. The van der Waals surface area contributed by atoms with Gasteiger partial charge in [0.2, 0.25) is 0 Å². The van der Waals surface area contributed by atoms with Crippen molar-refractivity contribution in [1.82, 2.24) is 0 Å². The predicted octanol–water partition coefficient (Wildman–Crippen LogP) is 2.89. The fraction of sp³-hybridized carbons (Fsp3) is 0.750. The third-order valence-electron chi connectivity index (χ3n) is 5.64. The number of ketones is 1. The summed E-state index contributed by atoms with van der Waals surface area (Å²) in [6, 6.07) is 0. The van der Waals surface area contributed by atoms with Gasteiger partial charge >= 0.3 is 5.97 Å². The maximum Gasteiger partial charge on any atom is 0.312 e. The molecule has 3 heteroatoms. The molecule has 0 aromatic carbocycles. The van der Waals surface area contributed by atoms with Gasteiger partial charge in [-0.15, -0.1) is 0 Å². The van der Waals surface area contributed by atoms with Crippen molar-refractivity contribution in [2.45, 2.75) is 44.9 Å². The zero-order valence-electron chi connectivity index (χ0n) is 11.6. The largest absolute Gasteiger partial charge is 0.469 e. The topological polar surface area (TPSA) is 43.4 Å². The summed E-state index contributed by atoms with van der Waals surface area (Å²) in [6.45, 7) is 0. The zero-order valence-corrected chi connectivity index (χ0v) is 11.6. The number of esters is 1. The van der Waals surface area contributed by atoms with Crippen LogP contribution in [0.3, 0.4) is 0 Å². The van der Waals surface area contributed by atoms with E-state index in [4.69, 9.17) is 4.74 Å². The number of carbonyl (C=O) groups is 2. The Bertz CT molecular complexity index is 426. The van der Waals surface area contributed by atoms with Gasteiger partial charge in [-0.05, 0) is 49.9 Å². The summed E-state index contributed by atoms with van der Waals surface area (Å²) in [7, 11) is 1.49. The fourth-order valence-electron chi connectivity index (χ4n) is 4.79. The fourth-order valence-corrected chi connectivity index (χ4v) is 4.79. The minimum absolute atomic E-state index is 0.0602. The summed E-state index contributed by atoms with van der Waals surface area (Å²) < 4.78 is 5.16. The molecule has 4 atom stereocenters. The quantitative estimate of drug-likeness (QED) is 0.539. The summed E-state index contributed by atoms with van der Waals surface area (Å²) in [4.78, 5) is 24.3. The number of fused-ring (bicyclic) bond motifs is 3. The lowest BCUT2D eigenvalue weighted by Crippen LogP contribution is -2.54. The standard InChI is InChI=1S/C16H22O3/c1-19-15(18)16-9-8-13(17)10-12(16)7-6-11-4-2-3-5-14(11)16/h2,4,11-12,14H,3,5-10H2,1H3/t11-,12+,14+,16-/m1/s1. The van der Waals surface area contributed by atoms with Gasteiger partial charge in [-0.3, -0.25) is 9.59 Å². The molecule has 104 valence electrons. The number of Topliss-reactive ketones (excluding diaryl/α,β-unsaturated/α-hetero) is 1. The highest BCUT2D eigenvalue weighted by Crippen LogP contribution is 2.58. The van der Waals surface area contributed by atoms with Crippen LogP contribution < -0.4 is 0 Å². The minimum atomic E-state index is -0.379. The Balaban J connectivity index is 2.00. The summed E-state index contributed by atoms with van der Waals surface area (Å²) in [6.07, 6.45) is 10.6. The van der Waals surface area contributed by atoms with Crippen molar-refractivity contribution >= 4 is 11.8 Å². The molecule has 0 heterocycles. The molecule has 0 aromatic rings. The minimum Gasteiger partial charge on any atom is -0.469 e. The highest BCUT2D eigenvalue weighted by atomic mass is 16.5. The first-order chi connectivity index (χ1) is 9.18. The van der Waals surface area contributed by atoms with Crippen LogP contribution in [0, 0.1) is 23.2 Å². The molecule has 0 spiro atoms. The molecular weight excluding hydrogens is 240 g/mol. The molecule has 0 bridgehead atoms. The van der Waals surface area contributed by atoms with Crippen molar-refractivity contribution < 1.29 is 14.3 Å². The Kier molecular flexibility index (Phi) is 3.23. The van der Waals surface area contributed by atoms with Gasteiger partial charge in [0.05, 0.1) is 12.5 Å². The number of hydrogen-bond acceptors (Lipinski definition) is 3. The first kappa shape index (κ1) is 12.9. The summed E-state index contributed by atoms with van der Waals surface area (Å²) in [5, 5.41) is 0. The third kappa shape index (κ3) is 1.86. The maximum atomic E-state index is 12.5. The Morgan fingerprint density at radius 3 is 3.00 bits per heavy atom. The number of hydrogen-bond donors (Lipinski definition) is 0. The van der Waals surface area contributed by atoms with Crippen LogP contribution in [-0.4, -0.2) is 18.9 Å². The molecule has 0 N–H and O–H groups in total. The Labute approximate surface area is 114 Å². The predicted molar refractivity (Wildman–Crippen MR) is 71.4 cm³/mol. The van der Waals surface area contributed by atoms with E-state index in [1.807, 2.05) is 0 Å². The van der Waals surface area contributed by atoms with Gasteiger partial charge < -0.3 is 4.74 Å². The monoisotopic (exact) mass is 262 g/mol. The molecular formula is C16H22O3. The number of rotatable bonds is 1. The highest BCUT2D eigenvalue weighted by molar-refractivity contribution is 5.85. The van der Waals surface area contributed by atoms with Crippen LogP contribution in [-0.2, 0) is 14.3 Å². The van der Waals surface area contributed by atoms with E-state index in [1.165, 1.54) is 7.11 Å². The number of ether oxygens (including phenoxy) is 1. The second-order valence-corrected chi connectivity index (χ2v) is 6.32. The van der Waals surface area contributed by atoms with Gasteiger partial charge in [0, 0.05) is 12.8 Å². The van der Waals surface area contributed by atoms with E-state index >= 15 is 0 Å². The normalized spacial score (nSPS) is 41.3. The molecule has 3 nitrogen and oxygen atoms in total. The van der Waals surface area contributed by atoms with Gasteiger partial charge in [-0.1, -0.05) is 12.2 Å². The number of methoxy groups -OCH3 is 1. The molecule has 0 unspecified atom stereocenters. The van der Waals surface area contributed by atoms with E-state index in [9.17, 15) is 9.59 Å². The van der Waals surface area contributed by atoms with Crippen molar-refractivity contribution in [3.63, 3.8) is 0 Å². The molecule has 3 aliphatic rings. The molecule has 3 aliphatic carbocycles. The van der Waals surface area contributed by atoms with Crippen LogP contribution in [0.15, 0.2) is 12.2 Å². The highest BCUT2D eigenvalue weighted by Gasteiger charge is 2.58. The average Bonchev–Trinajstić information content (AvgIpc) is 2.46. The Hall–Kier alpha value is -1.12. The molecule has 0 amide bonds. The van der Waals surface area contributed by atoms with E-state index in [1.54, 1.807) is 0 Å². The first-order valence-corrected chi connectivity index (χ1v) is 7.45. The average molecular weight is 262 g/mol. The van der Waals surface area contributed by atoms with Crippen molar-refractivity contribution in [3.05, 3.63) is 12.2 Å². The van der Waals surface area contributed by atoms with Gasteiger partial charge in [-0.25, -0.2) is 0 Å². The van der Waals surface area contributed by atoms with Gasteiger partial charge in [0.15, 0.2) is 0 Å². The molecule has 2 saturated carbocycles. The smallest absolute Gasteiger partial charge is 0.312 e. The summed E-state index contributed by atoms with van der Waals surface area (Å²) in [5.41, 5.74) is -0.379.